The Labute approximate surface area is 97.8 Å². The van der Waals surface area contributed by atoms with Crippen LogP contribution in [0.25, 0.3) is 0 Å². The summed E-state index contributed by atoms with van der Waals surface area (Å²) in [5, 5.41) is 0. The first kappa shape index (κ1) is 13.2. The van der Waals surface area contributed by atoms with Gasteiger partial charge < -0.3 is 10.2 Å². The van der Waals surface area contributed by atoms with Crippen molar-refractivity contribution in [3.63, 3.8) is 0 Å². The van der Waals surface area contributed by atoms with Crippen LogP contribution in [0.4, 0.5) is 0 Å². The summed E-state index contributed by atoms with van der Waals surface area (Å²) in [6.07, 6.45) is 0. The molecule has 0 aromatic carbocycles. The molecule has 0 unspecified atom stereocenters. The lowest BCUT2D eigenvalue weighted by atomic mass is 9.93. The van der Waals surface area contributed by atoms with E-state index < -0.39 is 0 Å². The Balaban J connectivity index is 2.54. The topological polar surface area (TPSA) is 55.3 Å². The molecule has 1 rings (SSSR count). The van der Waals surface area contributed by atoms with E-state index in [1.165, 1.54) is 0 Å². The fraction of sp³-hybridized carbons (Fsp3) is 0.750. The summed E-state index contributed by atoms with van der Waals surface area (Å²) in [5.41, 5.74) is 6.81. The van der Waals surface area contributed by atoms with Gasteiger partial charge in [0.05, 0.1) is 12.2 Å². The van der Waals surface area contributed by atoms with Crippen molar-refractivity contribution < 1.29 is 4.42 Å². The zero-order valence-corrected chi connectivity index (χ0v) is 11.0. The van der Waals surface area contributed by atoms with E-state index in [9.17, 15) is 0 Å². The Morgan fingerprint density at radius 2 is 2.00 bits per heavy atom. The molecule has 0 bridgehead atoms. The van der Waals surface area contributed by atoms with Gasteiger partial charge in [0.25, 0.3) is 0 Å². The molecule has 0 atom stereocenters. The van der Waals surface area contributed by atoms with Crippen molar-refractivity contribution in [2.75, 3.05) is 20.1 Å². The first-order valence-corrected chi connectivity index (χ1v) is 5.65. The summed E-state index contributed by atoms with van der Waals surface area (Å²) >= 11 is 0. The van der Waals surface area contributed by atoms with E-state index in [4.69, 9.17) is 10.2 Å². The quantitative estimate of drug-likeness (QED) is 0.829. The van der Waals surface area contributed by atoms with Crippen molar-refractivity contribution >= 4 is 0 Å². The van der Waals surface area contributed by atoms with Crippen LogP contribution in [0.1, 0.15) is 31.2 Å². The zero-order valence-electron chi connectivity index (χ0n) is 11.0. The number of hydrogen-bond acceptors (Lipinski definition) is 4. The molecule has 0 fully saturated rings. The van der Waals surface area contributed by atoms with E-state index in [2.05, 4.69) is 30.8 Å². The number of hydrogen-bond donors (Lipinski definition) is 1. The highest BCUT2D eigenvalue weighted by Crippen LogP contribution is 2.16. The van der Waals surface area contributed by atoms with Crippen LogP contribution in [-0.4, -0.2) is 30.0 Å². The van der Waals surface area contributed by atoms with Gasteiger partial charge in [-0.25, -0.2) is 4.98 Å². The highest BCUT2D eigenvalue weighted by atomic mass is 16.4. The first-order valence-electron chi connectivity index (χ1n) is 5.65. The van der Waals surface area contributed by atoms with Gasteiger partial charge in [0, 0.05) is 6.54 Å². The Morgan fingerprint density at radius 3 is 2.44 bits per heavy atom. The van der Waals surface area contributed by atoms with Gasteiger partial charge in [-0.2, -0.15) is 0 Å². The summed E-state index contributed by atoms with van der Waals surface area (Å²) in [5.74, 6) is 1.69. The molecule has 0 aliphatic heterocycles. The second kappa shape index (κ2) is 4.97. The van der Waals surface area contributed by atoms with Crippen molar-refractivity contribution in [1.82, 2.24) is 9.88 Å². The van der Waals surface area contributed by atoms with Gasteiger partial charge in [-0.3, -0.25) is 4.90 Å². The summed E-state index contributed by atoms with van der Waals surface area (Å²) in [4.78, 5) is 6.56. The van der Waals surface area contributed by atoms with Gasteiger partial charge in [-0.05, 0) is 32.9 Å². The van der Waals surface area contributed by atoms with Gasteiger partial charge in [-0.1, -0.05) is 13.8 Å². The molecule has 2 N–H and O–H groups in total. The Kier molecular flexibility index (Phi) is 4.10. The molecule has 92 valence electrons. The summed E-state index contributed by atoms with van der Waals surface area (Å²) in [7, 11) is 2.06. The predicted octanol–water partition coefficient (Wildman–Crippen LogP) is 1.71. The van der Waals surface area contributed by atoms with Crippen molar-refractivity contribution in [2.45, 2.75) is 34.2 Å². The van der Waals surface area contributed by atoms with Crippen molar-refractivity contribution in [3.8, 4) is 0 Å². The SMILES string of the molecule is Cc1nc(CN(C)CC(C)(C)CN)oc1C. The minimum absolute atomic E-state index is 0.130. The maximum atomic E-state index is 5.71. The lowest BCUT2D eigenvalue weighted by Gasteiger charge is -2.28. The van der Waals surface area contributed by atoms with E-state index in [1.54, 1.807) is 0 Å². The fourth-order valence-electron chi connectivity index (χ4n) is 1.69. The molecule has 4 nitrogen and oxygen atoms in total. The Morgan fingerprint density at radius 1 is 1.38 bits per heavy atom. The number of nitrogens with two attached hydrogens (primary N) is 1. The molecule has 0 amide bonds. The van der Waals surface area contributed by atoms with Gasteiger partial charge >= 0.3 is 0 Å². The normalized spacial score (nSPS) is 12.4. The third-order valence-electron chi connectivity index (χ3n) is 2.73. The van der Waals surface area contributed by atoms with Crippen molar-refractivity contribution in [2.24, 2.45) is 11.1 Å². The van der Waals surface area contributed by atoms with Crippen molar-refractivity contribution in [1.29, 1.82) is 0 Å². The molecule has 0 spiro atoms. The second-order valence-electron chi connectivity index (χ2n) is 5.29. The van der Waals surface area contributed by atoms with Crippen LogP contribution in [-0.2, 0) is 6.54 Å². The highest BCUT2D eigenvalue weighted by Gasteiger charge is 2.19. The molecule has 0 saturated carbocycles. The van der Waals surface area contributed by atoms with Crippen molar-refractivity contribution in [3.05, 3.63) is 17.3 Å². The second-order valence-corrected chi connectivity index (χ2v) is 5.29. The van der Waals surface area contributed by atoms with Crippen LogP contribution >= 0.6 is 0 Å². The number of aryl methyl sites for hydroxylation is 2. The van der Waals surface area contributed by atoms with Gasteiger partial charge in [0.15, 0.2) is 0 Å². The lowest BCUT2D eigenvalue weighted by molar-refractivity contribution is 0.195. The van der Waals surface area contributed by atoms with E-state index in [1.807, 2.05) is 13.8 Å². The smallest absolute Gasteiger partial charge is 0.208 e. The van der Waals surface area contributed by atoms with E-state index >= 15 is 0 Å². The molecule has 1 aromatic rings. The minimum atomic E-state index is 0.130. The Bertz CT molecular complexity index is 325. The maximum Gasteiger partial charge on any atom is 0.208 e. The third-order valence-corrected chi connectivity index (χ3v) is 2.73. The number of rotatable bonds is 5. The third kappa shape index (κ3) is 3.61. The molecule has 0 radical (unpaired) electrons. The zero-order chi connectivity index (χ0) is 12.3. The average molecular weight is 225 g/mol. The van der Waals surface area contributed by atoms with Gasteiger partial charge in [0.1, 0.15) is 5.76 Å². The molecule has 0 saturated heterocycles. The van der Waals surface area contributed by atoms with Crippen LogP contribution in [0.5, 0.6) is 0 Å². The first-order chi connectivity index (χ1) is 7.34. The van der Waals surface area contributed by atoms with Crippen LogP contribution < -0.4 is 5.73 Å². The maximum absolute atomic E-state index is 5.71. The van der Waals surface area contributed by atoms with Crippen LogP contribution in [0, 0.1) is 19.3 Å². The number of oxazole rings is 1. The molecule has 4 heteroatoms. The standard InChI is InChI=1S/C12H23N3O/c1-9-10(2)16-11(14-9)6-15(5)8-12(3,4)7-13/h6-8,13H2,1-5H3. The van der Waals surface area contributed by atoms with Crippen LogP contribution in [0.15, 0.2) is 4.42 Å². The molecule has 0 aliphatic carbocycles. The number of aromatic nitrogens is 1. The molecule has 16 heavy (non-hydrogen) atoms. The lowest BCUT2D eigenvalue weighted by Crippen LogP contribution is -2.36. The van der Waals surface area contributed by atoms with E-state index in [0.29, 0.717) is 6.54 Å². The molecule has 0 aliphatic rings. The monoisotopic (exact) mass is 225 g/mol. The van der Waals surface area contributed by atoms with E-state index in [0.717, 1.165) is 30.4 Å². The summed E-state index contributed by atoms with van der Waals surface area (Å²) in [6.45, 7) is 10.6. The molecule has 1 aromatic heterocycles. The predicted molar refractivity (Wildman–Crippen MR) is 65.1 cm³/mol. The fourth-order valence-corrected chi connectivity index (χ4v) is 1.69. The highest BCUT2D eigenvalue weighted by molar-refractivity contribution is 5.05. The molecule has 1 heterocycles. The van der Waals surface area contributed by atoms with Crippen LogP contribution in [0.2, 0.25) is 0 Å². The molecular weight excluding hydrogens is 202 g/mol. The Hall–Kier alpha value is -0.870. The number of nitrogens with zero attached hydrogens (tertiary/aromatic N) is 2. The summed E-state index contributed by atoms with van der Waals surface area (Å²) < 4.78 is 5.55. The van der Waals surface area contributed by atoms with Gasteiger partial charge in [0.2, 0.25) is 5.89 Å². The molecular formula is C12H23N3O. The van der Waals surface area contributed by atoms with Crippen LogP contribution in [0.3, 0.4) is 0 Å². The van der Waals surface area contributed by atoms with E-state index in [-0.39, 0.29) is 5.41 Å². The minimum Gasteiger partial charge on any atom is -0.444 e. The largest absolute Gasteiger partial charge is 0.444 e. The van der Waals surface area contributed by atoms with Gasteiger partial charge in [-0.15, -0.1) is 0 Å². The average Bonchev–Trinajstić information content (AvgIpc) is 2.44. The summed E-state index contributed by atoms with van der Waals surface area (Å²) in [6, 6.07) is 0.